The zero-order valence-electron chi connectivity index (χ0n) is 15.5. The van der Waals surface area contributed by atoms with Crippen LogP contribution < -0.4 is 0 Å². The third kappa shape index (κ3) is 3.62. The molecule has 0 unspecified atom stereocenters. The summed E-state index contributed by atoms with van der Waals surface area (Å²) < 4.78 is 25.5. The molecule has 0 N–H and O–H groups in total. The Labute approximate surface area is 168 Å². The van der Waals surface area contributed by atoms with Crippen LogP contribution in [0.15, 0.2) is 53.9 Å². The van der Waals surface area contributed by atoms with Crippen molar-refractivity contribution in [3.63, 3.8) is 0 Å². The zero-order chi connectivity index (χ0) is 19.7. The standard InChI is InChI=1S/C20H21N3O3S2/c1-2-22(16-10-12-28(25,26)14-16)20(24)18-13-17(19-9-6-11-27-19)21-23(18)15-7-4-3-5-8-15/h3-9,11,13,16H,2,10,12,14H2,1H3/t16-/m0/s1. The van der Waals surface area contributed by atoms with E-state index in [1.165, 1.54) is 0 Å². The summed E-state index contributed by atoms with van der Waals surface area (Å²) in [6, 6.07) is 14.9. The first-order valence-corrected chi connectivity index (χ1v) is 11.9. The van der Waals surface area contributed by atoms with Crippen molar-refractivity contribution < 1.29 is 13.2 Å². The van der Waals surface area contributed by atoms with Gasteiger partial charge in [-0.25, -0.2) is 13.1 Å². The number of thiophene rings is 1. The maximum Gasteiger partial charge on any atom is 0.272 e. The Morgan fingerprint density at radius 2 is 2.04 bits per heavy atom. The van der Waals surface area contributed by atoms with Crippen molar-refractivity contribution in [1.29, 1.82) is 0 Å². The molecule has 1 amide bonds. The van der Waals surface area contributed by atoms with E-state index in [0.717, 1.165) is 16.3 Å². The van der Waals surface area contributed by atoms with Gasteiger partial charge in [-0.2, -0.15) is 5.10 Å². The Bertz CT molecular complexity index is 1070. The average Bonchev–Trinajstić information content (AvgIpc) is 3.42. The van der Waals surface area contributed by atoms with Gasteiger partial charge in [0.05, 0.1) is 22.1 Å². The number of hydrogen-bond donors (Lipinski definition) is 0. The van der Waals surface area contributed by atoms with Gasteiger partial charge >= 0.3 is 0 Å². The number of sulfone groups is 1. The van der Waals surface area contributed by atoms with Crippen LogP contribution in [0.3, 0.4) is 0 Å². The van der Waals surface area contributed by atoms with Crippen molar-refractivity contribution in [2.75, 3.05) is 18.1 Å². The third-order valence-corrected chi connectivity index (χ3v) is 7.60. The van der Waals surface area contributed by atoms with Crippen LogP contribution in [0.2, 0.25) is 0 Å². The van der Waals surface area contributed by atoms with Gasteiger partial charge in [0.15, 0.2) is 9.84 Å². The smallest absolute Gasteiger partial charge is 0.272 e. The van der Waals surface area contributed by atoms with Crippen molar-refractivity contribution in [2.45, 2.75) is 19.4 Å². The molecule has 1 aliphatic rings. The molecule has 1 aliphatic heterocycles. The van der Waals surface area contributed by atoms with Crippen LogP contribution >= 0.6 is 11.3 Å². The van der Waals surface area contributed by atoms with Gasteiger partial charge < -0.3 is 4.90 Å². The SMILES string of the molecule is CCN(C(=O)c1cc(-c2cccs2)nn1-c1ccccc1)[C@H]1CCS(=O)(=O)C1. The van der Waals surface area contributed by atoms with Crippen molar-refractivity contribution >= 4 is 27.1 Å². The largest absolute Gasteiger partial charge is 0.334 e. The zero-order valence-corrected chi connectivity index (χ0v) is 17.1. The molecule has 2 aromatic heterocycles. The number of benzene rings is 1. The monoisotopic (exact) mass is 415 g/mol. The minimum absolute atomic E-state index is 0.0316. The molecule has 0 aliphatic carbocycles. The van der Waals surface area contributed by atoms with E-state index in [1.54, 1.807) is 27.0 Å². The summed E-state index contributed by atoms with van der Waals surface area (Å²) in [5.74, 6) is -0.0207. The van der Waals surface area contributed by atoms with Crippen LogP contribution in [0, 0.1) is 0 Å². The molecule has 4 rings (SSSR count). The fraction of sp³-hybridized carbons (Fsp3) is 0.300. The fourth-order valence-corrected chi connectivity index (χ4v) is 5.99. The molecule has 1 atom stereocenters. The van der Waals surface area contributed by atoms with Gasteiger partial charge in [0.25, 0.3) is 5.91 Å². The number of nitrogens with zero attached hydrogens (tertiary/aromatic N) is 3. The molecule has 3 heterocycles. The van der Waals surface area contributed by atoms with Crippen LogP contribution in [-0.2, 0) is 9.84 Å². The first-order valence-electron chi connectivity index (χ1n) is 9.19. The van der Waals surface area contributed by atoms with Crippen LogP contribution in [0.4, 0.5) is 0 Å². The normalized spacial score (nSPS) is 18.2. The third-order valence-electron chi connectivity index (χ3n) is 4.95. The van der Waals surface area contributed by atoms with Crippen LogP contribution in [0.1, 0.15) is 23.8 Å². The highest BCUT2D eigenvalue weighted by Gasteiger charge is 2.35. The minimum atomic E-state index is -3.07. The number of rotatable bonds is 5. The summed E-state index contributed by atoms with van der Waals surface area (Å²) in [4.78, 5) is 16.1. The van der Waals surface area contributed by atoms with E-state index >= 15 is 0 Å². The van der Waals surface area contributed by atoms with Crippen LogP contribution in [-0.4, -0.2) is 53.1 Å². The number of carbonyl (C=O) groups excluding carboxylic acids is 1. The molecular formula is C20H21N3O3S2. The van der Waals surface area contributed by atoms with Crippen molar-refractivity contribution in [3.05, 3.63) is 59.6 Å². The van der Waals surface area contributed by atoms with Gasteiger partial charge in [-0.1, -0.05) is 24.3 Å². The van der Waals surface area contributed by atoms with Gasteiger partial charge in [0.1, 0.15) is 11.4 Å². The second-order valence-corrected chi connectivity index (χ2v) is 9.96. The highest BCUT2D eigenvalue weighted by molar-refractivity contribution is 7.91. The predicted octanol–water partition coefficient (Wildman–Crippen LogP) is 3.25. The number of para-hydroxylation sites is 1. The highest BCUT2D eigenvalue weighted by Crippen LogP contribution is 2.27. The molecule has 146 valence electrons. The quantitative estimate of drug-likeness (QED) is 0.641. The van der Waals surface area contributed by atoms with E-state index in [-0.39, 0.29) is 23.5 Å². The lowest BCUT2D eigenvalue weighted by molar-refractivity contribution is 0.0699. The molecule has 0 saturated carbocycles. The van der Waals surface area contributed by atoms with Crippen LogP contribution in [0.5, 0.6) is 0 Å². The second-order valence-electron chi connectivity index (χ2n) is 6.79. The number of amides is 1. The average molecular weight is 416 g/mol. The second kappa shape index (κ2) is 7.52. The lowest BCUT2D eigenvalue weighted by Crippen LogP contribution is -2.41. The molecule has 6 nitrogen and oxygen atoms in total. The van der Waals surface area contributed by atoms with Crippen molar-refractivity contribution in [2.24, 2.45) is 0 Å². The van der Waals surface area contributed by atoms with E-state index in [2.05, 4.69) is 5.10 Å². The van der Waals surface area contributed by atoms with Gasteiger partial charge in [0, 0.05) is 12.6 Å². The molecule has 8 heteroatoms. The molecular weight excluding hydrogens is 394 g/mol. The summed E-state index contributed by atoms with van der Waals surface area (Å²) in [5, 5.41) is 6.65. The lowest BCUT2D eigenvalue weighted by atomic mass is 10.2. The van der Waals surface area contributed by atoms with Gasteiger partial charge in [-0.3, -0.25) is 4.79 Å². The van der Waals surface area contributed by atoms with E-state index in [1.807, 2.05) is 54.8 Å². The molecule has 1 aromatic carbocycles. The number of hydrogen-bond acceptors (Lipinski definition) is 5. The number of carbonyl (C=O) groups is 1. The summed E-state index contributed by atoms with van der Waals surface area (Å²) in [6.45, 7) is 2.33. The van der Waals surface area contributed by atoms with E-state index in [4.69, 9.17) is 0 Å². The topological polar surface area (TPSA) is 72.3 Å². The number of aromatic nitrogens is 2. The maximum atomic E-state index is 13.4. The van der Waals surface area contributed by atoms with E-state index in [9.17, 15) is 13.2 Å². The van der Waals surface area contributed by atoms with E-state index < -0.39 is 9.84 Å². The molecule has 1 saturated heterocycles. The fourth-order valence-electron chi connectivity index (χ4n) is 3.58. The van der Waals surface area contributed by atoms with Gasteiger partial charge in [-0.05, 0) is 43.0 Å². The molecule has 1 fully saturated rings. The van der Waals surface area contributed by atoms with Crippen molar-refractivity contribution in [1.82, 2.24) is 14.7 Å². The first-order chi connectivity index (χ1) is 13.5. The lowest BCUT2D eigenvalue weighted by Gasteiger charge is -2.27. The Kier molecular flexibility index (Phi) is 5.07. The van der Waals surface area contributed by atoms with Crippen molar-refractivity contribution in [3.8, 4) is 16.3 Å². The summed E-state index contributed by atoms with van der Waals surface area (Å²) in [5.41, 5.74) is 1.97. The summed E-state index contributed by atoms with van der Waals surface area (Å²) in [6.07, 6.45) is 0.485. The highest BCUT2D eigenvalue weighted by atomic mass is 32.2. The Morgan fingerprint density at radius 1 is 1.25 bits per heavy atom. The predicted molar refractivity (Wildman–Crippen MR) is 111 cm³/mol. The van der Waals surface area contributed by atoms with Crippen LogP contribution in [0.25, 0.3) is 16.3 Å². The van der Waals surface area contributed by atoms with E-state index in [0.29, 0.717) is 18.7 Å². The van der Waals surface area contributed by atoms with Gasteiger partial charge in [-0.15, -0.1) is 11.3 Å². The minimum Gasteiger partial charge on any atom is -0.334 e. The Morgan fingerprint density at radius 3 is 2.64 bits per heavy atom. The Balaban J connectivity index is 1.76. The van der Waals surface area contributed by atoms with Gasteiger partial charge in [0.2, 0.25) is 0 Å². The first kappa shape index (κ1) is 18.9. The molecule has 0 spiro atoms. The maximum absolute atomic E-state index is 13.4. The summed E-state index contributed by atoms with van der Waals surface area (Å²) in [7, 11) is -3.07. The molecule has 28 heavy (non-hydrogen) atoms. The summed E-state index contributed by atoms with van der Waals surface area (Å²) >= 11 is 1.56. The molecule has 3 aromatic rings. The molecule has 0 radical (unpaired) electrons. The Hall–Kier alpha value is -2.45. The molecule has 0 bridgehead atoms.